The predicted molar refractivity (Wildman–Crippen MR) is 129 cm³/mol. The number of sulfone groups is 1. The van der Waals surface area contributed by atoms with Crippen LogP contribution in [0.25, 0.3) is 0 Å². The molecule has 1 atom stereocenters. The van der Waals surface area contributed by atoms with Crippen LogP contribution in [0.1, 0.15) is 12.5 Å². The van der Waals surface area contributed by atoms with Gasteiger partial charge in [0, 0.05) is 51.2 Å². The molecule has 2 saturated heterocycles. The summed E-state index contributed by atoms with van der Waals surface area (Å²) in [7, 11) is -3.44. The van der Waals surface area contributed by atoms with Gasteiger partial charge >= 0.3 is 0 Å². The van der Waals surface area contributed by atoms with Crippen molar-refractivity contribution in [1.82, 2.24) is 15.1 Å². The molecule has 0 radical (unpaired) electrons. The Morgan fingerprint density at radius 2 is 1.91 bits per heavy atom. The van der Waals surface area contributed by atoms with E-state index in [4.69, 9.17) is 16.3 Å². The third-order valence-corrected chi connectivity index (χ3v) is 8.62. The zero-order valence-corrected chi connectivity index (χ0v) is 20.3. The number of hydrogen-bond donors (Lipinski definition) is 1. The van der Waals surface area contributed by atoms with Crippen molar-refractivity contribution >= 4 is 27.3 Å². The van der Waals surface area contributed by atoms with Crippen LogP contribution in [0.2, 0.25) is 5.02 Å². The van der Waals surface area contributed by atoms with Crippen LogP contribution in [0.15, 0.2) is 53.4 Å². The number of nitrogens with one attached hydrogen (secondary N) is 1. The van der Waals surface area contributed by atoms with Crippen LogP contribution in [-0.4, -0.2) is 81.3 Å². The van der Waals surface area contributed by atoms with E-state index in [-0.39, 0.29) is 29.9 Å². The van der Waals surface area contributed by atoms with Gasteiger partial charge in [-0.3, -0.25) is 4.79 Å². The van der Waals surface area contributed by atoms with E-state index in [1.807, 2.05) is 18.2 Å². The molecule has 0 aromatic heterocycles. The molecule has 4 rings (SSSR count). The summed E-state index contributed by atoms with van der Waals surface area (Å²) in [6, 6.07) is 14.8. The van der Waals surface area contributed by atoms with E-state index in [0.717, 1.165) is 37.6 Å². The molecule has 1 unspecified atom stereocenters. The molecule has 178 valence electrons. The van der Waals surface area contributed by atoms with Crippen molar-refractivity contribution in [2.75, 3.05) is 45.9 Å². The van der Waals surface area contributed by atoms with E-state index >= 15 is 0 Å². The molecule has 1 amide bonds. The van der Waals surface area contributed by atoms with Crippen LogP contribution in [0.3, 0.4) is 0 Å². The van der Waals surface area contributed by atoms with Crippen molar-refractivity contribution in [1.29, 1.82) is 0 Å². The molecule has 7 nitrogen and oxygen atoms in total. The summed E-state index contributed by atoms with van der Waals surface area (Å²) in [5.41, 5.74) is 1.24. The van der Waals surface area contributed by atoms with Crippen molar-refractivity contribution < 1.29 is 17.9 Å². The summed E-state index contributed by atoms with van der Waals surface area (Å²) in [6.45, 7) is 6.23. The highest BCUT2D eigenvalue weighted by Gasteiger charge is 2.39. The lowest BCUT2D eigenvalue weighted by Gasteiger charge is -2.37. The van der Waals surface area contributed by atoms with Crippen molar-refractivity contribution in [3.05, 3.63) is 59.1 Å². The fraction of sp³-hybridized carbons (Fsp3) is 0.458. The van der Waals surface area contributed by atoms with E-state index < -0.39 is 15.1 Å². The van der Waals surface area contributed by atoms with Gasteiger partial charge in [-0.25, -0.2) is 8.42 Å². The number of benzene rings is 2. The highest BCUT2D eigenvalue weighted by molar-refractivity contribution is 7.92. The normalized spacial score (nSPS) is 19.8. The van der Waals surface area contributed by atoms with Crippen LogP contribution in [0, 0.1) is 0 Å². The fourth-order valence-electron chi connectivity index (χ4n) is 4.20. The van der Waals surface area contributed by atoms with Gasteiger partial charge in [-0.15, -0.1) is 0 Å². The summed E-state index contributed by atoms with van der Waals surface area (Å²) in [5.74, 6) is 0.551. The molecular formula is C24H30ClN3O4S. The van der Waals surface area contributed by atoms with E-state index in [1.54, 1.807) is 24.3 Å². The molecule has 2 aromatic rings. The van der Waals surface area contributed by atoms with Gasteiger partial charge in [-0.2, -0.15) is 0 Å². The lowest BCUT2D eigenvalue weighted by atomic mass is 10.1. The van der Waals surface area contributed by atoms with E-state index in [1.165, 1.54) is 17.4 Å². The monoisotopic (exact) mass is 491 g/mol. The van der Waals surface area contributed by atoms with E-state index in [9.17, 15) is 13.2 Å². The Hall–Kier alpha value is -2.13. The molecule has 2 heterocycles. The SMILES string of the molecule is CC(=O)N1CC(S(=O)(=O)c2ccc(OCC3CN(CCc4cccc(Cl)c4)CCN3)cc2)C1. The minimum Gasteiger partial charge on any atom is -0.492 e. The average molecular weight is 492 g/mol. The third-order valence-electron chi connectivity index (χ3n) is 6.28. The van der Waals surface area contributed by atoms with Crippen molar-refractivity contribution in [3.8, 4) is 5.75 Å². The van der Waals surface area contributed by atoms with Crippen LogP contribution < -0.4 is 10.1 Å². The molecule has 2 aliphatic heterocycles. The van der Waals surface area contributed by atoms with Crippen LogP contribution in [0.4, 0.5) is 0 Å². The lowest BCUT2D eigenvalue weighted by molar-refractivity contribution is -0.131. The molecule has 0 saturated carbocycles. The lowest BCUT2D eigenvalue weighted by Crippen LogP contribution is -2.56. The Kier molecular flexibility index (Phi) is 7.58. The summed E-state index contributed by atoms with van der Waals surface area (Å²) >= 11 is 6.08. The molecule has 0 bridgehead atoms. The summed E-state index contributed by atoms with van der Waals surface area (Å²) < 4.78 is 31.4. The highest BCUT2D eigenvalue weighted by atomic mass is 35.5. The first-order valence-electron chi connectivity index (χ1n) is 11.2. The van der Waals surface area contributed by atoms with Gasteiger partial charge in [0.05, 0.1) is 10.9 Å². The molecule has 9 heteroatoms. The minimum absolute atomic E-state index is 0.0930. The zero-order chi connectivity index (χ0) is 23.4. The van der Waals surface area contributed by atoms with E-state index in [2.05, 4.69) is 16.3 Å². The molecule has 33 heavy (non-hydrogen) atoms. The number of ether oxygens (including phenoxy) is 1. The predicted octanol–water partition coefficient (Wildman–Crippen LogP) is 2.24. The maximum atomic E-state index is 12.7. The number of likely N-dealkylation sites (tertiary alicyclic amines) is 1. The summed E-state index contributed by atoms with van der Waals surface area (Å²) in [4.78, 5) is 15.5. The Bertz CT molecular complexity index is 1070. The Balaban J connectivity index is 1.24. The molecule has 2 fully saturated rings. The quantitative estimate of drug-likeness (QED) is 0.610. The average Bonchev–Trinajstić information content (AvgIpc) is 2.75. The largest absolute Gasteiger partial charge is 0.492 e. The van der Waals surface area contributed by atoms with Gasteiger partial charge in [-0.05, 0) is 48.4 Å². The van der Waals surface area contributed by atoms with Crippen LogP contribution in [0.5, 0.6) is 5.75 Å². The minimum atomic E-state index is -3.44. The summed E-state index contributed by atoms with van der Waals surface area (Å²) in [6.07, 6.45) is 0.954. The molecule has 1 N–H and O–H groups in total. The third kappa shape index (κ3) is 6.06. The number of hydrogen-bond acceptors (Lipinski definition) is 6. The highest BCUT2D eigenvalue weighted by Crippen LogP contribution is 2.25. The first-order chi connectivity index (χ1) is 15.8. The van der Waals surface area contributed by atoms with Crippen molar-refractivity contribution in [2.45, 2.75) is 29.5 Å². The van der Waals surface area contributed by atoms with Gasteiger partial charge in [-0.1, -0.05) is 23.7 Å². The number of amides is 1. The number of carbonyl (C=O) groups is 1. The number of piperazine rings is 1. The first-order valence-corrected chi connectivity index (χ1v) is 13.2. The number of halogens is 1. The Labute approximate surface area is 200 Å². The summed E-state index contributed by atoms with van der Waals surface area (Å²) in [5, 5.41) is 3.73. The van der Waals surface area contributed by atoms with Crippen LogP contribution in [-0.2, 0) is 21.1 Å². The Morgan fingerprint density at radius 1 is 1.15 bits per heavy atom. The maximum Gasteiger partial charge on any atom is 0.219 e. The fourth-order valence-corrected chi connectivity index (χ4v) is 6.06. The number of rotatable bonds is 8. The van der Waals surface area contributed by atoms with Gasteiger partial charge in [0.2, 0.25) is 5.91 Å². The Morgan fingerprint density at radius 3 is 2.61 bits per heavy atom. The van der Waals surface area contributed by atoms with Crippen molar-refractivity contribution in [3.63, 3.8) is 0 Å². The first kappa shape index (κ1) is 24.0. The van der Waals surface area contributed by atoms with Crippen molar-refractivity contribution in [2.24, 2.45) is 0 Å². The number of carbonyl (C=O) groups excluding carboxylic acids is 1. The zero-order valence-electron chi connectivity index (χ0n) is 18.7. The second-order valence-electron chi connectivity index (χ2n) is 8.71. The maximum absolute atomic E-state index is 12.7. The van der Waals surface area contributed by atoms with Gasteiger partial charge in [0.25, 0.3) is 0 Å². The smallest absolute Gasteiger partial charge is 0.219 e. The molecule has 0 aliphatic carbocycles. The van der Waals surface area contributed by atoms with Crippen LogP contribution >= 0.6 is 11.6 Å². The second-order valence-corrected chi connectivity index (χ2v) is 11.4. The number of nitrogens with zero attached hydrogens (tertiary/aromatic N) is 2. The molecular weight excluding hydrogens is 462 g/mol. The molecule has 0 spiro atoms. The van der Waals surface area contributed by atoms with Gasteiger partial charge < -0.3 is 19.9 Å². The standard InChI is InChI=1S/C24H30ClN3O4S/c1-18(29)28-15-24(16-28)33(30,31)23-7-5-22(6-8-23)32-17-21-14-27(12-10-26-21)11-9-19-3-2-4-20(25)13-19/h2-8,13,21,24,26H,9-12,14-17H2,1H3. The molecule has 2 aromatic carbocycles. The van der Waals surface area contributed by atoms with Gasteiger partial charge in [0.1, 0.15) is 17.6 Å². The van der Waals surface area contributed by atoms with Gasteiger partial charge in [0.15, 0.2) is 9.84 Å². The topological polar surface area (TPSA) is 79.0 Å². The van der Waals surface area contributed by atoms with E-state index in [0.29, 0.717) is 12.4 Å². The molecule has 2 aliphatic rings. The second kappa shape index (κ2) is 10.4.